The maximum atomic E-state index is 13.5. The van der Waals surface area contributed by atoms with Crippen LogP contribution >= 0.6 is 0 Å². The lowest BCUT2D eigenvalue weighted by Gasteiger charge is -2.62. The SMILES string of the molecule is Cc1cccc(C)c1-c1cc2nc(n1)NS(=O)(=O)c1cccc(c1)C1CCN(C3C(C)(C)CC3(C)C)C[C@H](C1)O2. The minimum absolute atomic E-state index is 0.0180. The van der Waals surface area contributed by atoms with Crippen molar-refractivity contribution < 1.29 is 13.2 Å². The van der Waals surface area contributed by atoms with Crippen LogP contribution in [-0.4, -0.2) is 48.5 Å². The van der Waals surface area contributed by atoms with Gasteiger partial charge in [0.2, 0.25) is 11.8 Å². The monoisotopic (exact) mass is 560 g/mol. The molecule has 1 saturated carbocycles. The fourth-order valence-electron chi connectivity index (χ4n) is 8.25. The van der Waals surface area contributed by atoms with Crippen molar-refractivity contribution in [1.29, 1.82) is 0 Å². The minimum Gasteiger partial charge on any atom is -0.473 e. The number of ether oxygens (including phenoxy) is 1. The van der Waals surface area contributed by atoms with E-state index in [0.29, 0.717) is 17.6 Å². The van der Waals surface area contributed by atoms with Crippen molar-refractivity contribution in [2.75, 3.05) is 17.8 Å². The van der Waals surface area contributed by atoms with Crippen molar-refractivity contribution in [1.82, 2.24) is 14.9 Å². The summed E-state index contributed by atoms with van der Waals surface area (Å²) < 4.78 is 36.4. The number of sulfonamides is 1. The Balaban J connectivity index is 1.48. The van der Waals surface area contributed by atoms with Gasteiger partial charge in [-0.1, -0.05) is 58.0 Å². The van der Waals surface area contributed by atoms with E-state index in [9.17, 15) is 8.42 Å². The maximum absolute atomic E-state index is 13.5. The molecular formula is C32H40N4O3S. The molecule has 1 saturated heterocycles. The lowest BCUT2D eigenvalue weighted by Crippen LogP contribution is -2.64. The van der Waals surface area contributed by atoms with Gasteiger partial charge in [0.15, 0.2) is 0 Å². The number of fused-ring (bicyclic) bond motifs is 7. The first-order valence-corrected chi connectivity index (χ1v) is 15.8. The molecule has 1 N–H and O–H groups in total. The second-order valence-electron chi connectivity index (χ2n) is 13.4. The average molecular weight is 561 g/mol. The zero-order valence-corrected chi connectivity index (χ0v) is 25.2. The summed E-state index contributed by atoms with van der Waals surface area (Å²) in [6.07, 6.45) is 2.82. The fraction of sp³-hybridized carbons (Fsp3) is 0.500. The topological polar surface area (TPSA) is 84.4 Å². The summed E-state index contributed by atoms with van der Waals surface area (Å²) in [6, 6.07) is 15.7. The number of hydrogen-bond donors (Lipinski definition) is 1. The molecule has 2 atom stereocenters. The van der Waals surface area contributed by atoms with E-state index >= 15 is 0 Å². The van der Waals surface area contributed by atoms with Crippen LogP contribution in [0.25, 0.3) is 11.3 Å². The highest BCUT2D eigenvalue weighted by atomic mass is 32.2. The second-order valence-corrected chi connectivity index (χ2v) is 15.1. The van der Waals surface area contributed by atoms with E-state index in [1.807, 2.05) is 56.3 Å². The normalized spacial score (nSPS) is 25.2. The Morgan fingerprint density at radius 2 is 1.68 bits per heavy atom. The van der Waals surface area contributed by atoms with Crippen molar-refractivity contribution in [3.8, 4) is 17.1 Å². The molecule has 1 aliphatic carbocycles. The summed E-state index contributed by atoms with van der Waals surface area (Å²) in [4.78, 5) is 12.1. The van der Waals surface area contributed by atoms with Crippen LogP contribution in [0.2, 0.25) is 0 Å². The van der Waals surface area contributed by atoms with Crippen LogP contribution in [0.5, 0.6) is 5.88 Å². The Bertz CT molecular complexity index is 1530. The molecule has 40 heavy (non-hydrogen) atoms. The molecule has 2 aliphatic heterocycles. The molecule has 6 rings (SSSR count). The molecule has 7 nitrogen and oxygen atoms in total. The zero-order chi connectivity index (χ0) is 28.4. The fourth-order valence-corrected chi connectivity index (χ4v) is 9.25. The molecule has 0 spiro atoms. The molecule has 3 aromatic rings. The molecule has 0 radical (unpaired) electrons. The number of nitrogens with one attached hydrogen (secondary N) is 1. The molecule has 3 aliphatic rings. The second kappa shape index (κ2) is 9.55. The number of aromatic nitrogens is 2. The standard InChI is InChI=1S/C32H40N4O3S/c1-20-9-7-10-21(2)28(20)26-17-27-34-30(33-26)35-40(37,38)25-12-8-11-22(16-25)23-13-14-36(18-24(15-23)39-27)29-31(3,4)19-32(29,5)6/h7-12,16-17,23-24,29H,13-15,18-19H2,1-6H3,(H,33,34,35)/t23?,24-/m0/s1. The van der Waals surface area contributed by atoms with Crippen molar-refractivity contribution in [2.45, 2.75) is 83.8 Å². The van der Waals surface area contributed by atoms with E-state index in [4.69, 9.17) is 4.74 Å². The largest absolute Gasteiger partial charge is 0.473 e. The van der Waals surface area contributed by atoms with E-state index in [1.165, 1.54) is 6.42 Å². The third-order valence-corrected chi connectivity index (χ3v) is 10.4. The van der Waals surface area contributed by atoms with Gasteiger partial charge in [0, 0.05) is 24.2 Å². The number of aryl methyl sites for hydroxylation is 2. The van der Waals surface area contributed by atoms with Gasteiger partial charge in [-0.05, 0) is 85.2 Å². The third-order valence-electron chi connectivity index (χ3n) is 9.10. The van der Waals surface area contributed by atoms with Gasteiger partial charge in [0.1, 0.15) is 6.10 Å². The van der Waals surface area contributed by atoms with Gasteiger partial charge in [-0.15, -0.1) is 0 Å². The predicted octanol–water partition coefficient (Wildman–Crippen LogP) is 6.33. The molecule has 1 unspecified atom stereocenters. The van der Waals surface area contributed by atoms with Crippen LogP contribution in [0, 0.1) is 24.7 Å². The molecular weight excluding hydrogens is 520 g/mol. The quantitative estimate of drug-likeness (QED) is 0.395. The van der Waals surface area contributed by atoms with Crippen LogP contribution in [0.4, 0.5) is 5.95 Å². The van der Waals surface area contributed by atoms with E-state index in [1.54, 1.807) is 6.07 Å². The van der Waals surface area contributed by atoms with Gasteiger partial charge < -0.3 is 4.74 Å². The Kier molecular flexibility index (Phi) is 6.50. The average Bonchev–Trinajstić information content (AvgIpc) is 3.04. The van der Waals surface area contributed by atoms with Crippen LogP contribution in [0.1, 0.15) is 69.6 Å². The summed E-state index contributed by atoms with van der Waals surface area (Å²) in [5.74, 6) is 0.590. The van der Waals surface area contributed by atoms with Gasteiger partial charge in [-0.2, -0.15) is 4.98 Å². The Morgan fingerprint density at radius 1 is 0.975 bits per heavy atom. The molecule has 8 heteroatoms. The number of hydrogen-bond acceptors (Lipinski definition) is 6. The molecule has 0 amide bonds. The van der Waals surface area contributed by atoms with E-state index in [0.717, 1.165) is 48.2 Å². The molecule has 2 aromatic carbocycles. The third kappa shape index (κ3) is 4.90. The Labute approximate surface area is 238 Å². The van der Waals surface area contributed by atoms with Crippen molar-refractivity contribution >= 4 is 16.0 Å². The van der Waals surface area contributed by atoms with E-state index in [-0.39, 0.29) is 33.7 Å². The Hall–Kier alpha value is -2.97. The molecule has 212 valence electrons. The smallest absolute Gasteiger partial charge is 0.264 e. The maximum Gasteiger partial charge on any atom is 0.264 e. The predicted molar refractivity (Wildman–Crippen MR) is 158 cm³/mol. The summed E-state index contributed by atoms with van der Waals surface area (Å²) in [6.45, 7) is 15.3. The first kappa shape index (κ1) is 27.2. The number of nitrogens with zero attached hydrogens (tertiary/aromatic N) is 3. The lowest BCUT2D eigenvalue weighted by atomic mass is 9.51. The summed E-state index contributed by atoms with van der Waals surface area (Å²) >= 11 is 0. The summed E-state index contributed by atoms with van der Waals surface area (Å²) in [7, 11) is -3.89. The molecule has 3 heterocycles. The van der Waals surface area contributed by atoms with E-state index in [2.05, 4.69) is 47.3 Å². The lowest BCUT2D eigenvalue weighted by molar-refractivity contribution is -0.119. The highest BCUT2D eigenvalue weighted by Crippen LogP contribution is 2.56. The summed E-state index contributed by atoms with van der Waals surface area (Å²) in [5, 5.41) is 0. The molecule has 1 aromatic heterocycles. The van der Waals surface area contributed by atoms with Crippen molar-refractivity contribution in [3.63, 3.8) is 0 Å². The van der Waals surface area contributed by atoms with Crippen molar-refractivity contribution in [2.24, 2.45) is 10.8 Å². The van der Waals surface area contributed by atoms with Crippen molar-refractivity contribution in [3.05, 3.63) is 65.2 Å². The van der Waals surface area contributed by atoms with Crippen LogP contribution in [0.15, 0.2) is 53.4 Å². The van der Waals surface area contributed by atoms with Crippen LogP contribution in [-0.2, 0) is 10.0 Å². The van der Waals surface area contributed by atoms with Gasteiger partial charge in [0.25, 0.3) is 10.0 Å². The Morgan fingerprint density at radius 3 is 2.38 bits per heavy atom. The van der Waals surface area contributed by atoms with Crippen LogP contribution in [0.3, 0.4) is 0 Å². The minimum atomic E-state index is -3.89. The molecule has 2 fully saturated rings. The van der Waals surface area contributed by atoms with Gasteiger partial charge in [-0.3, -0.25) is 4.90 Å². The van der Waals surface area contributed by atoms with Gasteiger partial charge in [-0.25, -0.2) is 18.1 Å². The number of benzene rings is 2. The number of anilines is 1. The van der Waals surface area contributed by atoms with Crippen LogP contribution < -0.4 is 9.46 Å². The summed E-state index contributed by atoms with van der Waals surface area (Å²) in [5.41, 5.74) is 5.21. The van der Waals surface area contributed by atoms with E-state index < -0.39 is 10.0 Å². The van der Waals surface area contributed by atoms with Gasteiger partial charge in [0.05, 0.1) is 10.6 Å². The molecule has 6 bridgehead atoms. The number of likely N-dealkylation sites (tertiary alicyclic amines) is 1. The highest BCUT2D eigenvalue weighted by Gasteiger charge is 2.55. The highest BCUT2D eigenvalue weighted by molar-refractivity contribution is 7.92. The first-order valence-electron chi connectivity index (χ1n) is 14.3. The first-order chi connectivity index (χ1) is 18.8. The number of rotatable bonds is 2. The van der Waals surface area contributed by atoms with Gasteiger partial charge >= 0.3 is 0 Å². The zero-order valence-electron chi connectivity index (χ0n) is 24.4.